The molecular formula is C26H35NO3. The van der Waals surface area contributed by atoms with Crippen molar-refractivity contribution in [3.8, 4) is 0 Å². The zero-order valence-corrected chi connectivity index (χ0v) is 18.6. The van der Waals surface area contributed by atoms with E-state index in [2.05, 4.69) is 25.1 Å². The van der Waals surface area contributed by atoms with Gasteiger partial charge in [-0.05, 0) is 81.0 Å². The van der Waals surface area contributed by atoms with Crippen LogP contribution in [0.1, 0.15) is 75.6 Å². The third-order valence-electron chi connectivity index (χ3n) is 8.10. The first kappa shape index (κ1) is 21.5. The molecule has 0 aliphatic heterocycles. The van der Waals surface area contributed by atoms with Crippen LogP contribution in [0.5, 0.6) is 0 Å². The van der Waals surface area contributed by atoms with Gasteiger partial charge in [-0.3, -0.25) is 4.84 Å². The molecule has 4 atom stereocenters. The van der Waals surface area contributed by atoms with Crippen molar-refractivity contribution in [3.05, 3.63) is 70.8 Å². The number of aliphatic hydroxyl groups is 2. The van der Waals surface area contributed by atoms with E-state index in [1.807, 2.05) is 51.1 Å². The van der Waals surface area contributed by atoms with Gasteiger partial charge in [-0.15, -0.1) is 0 Å². The van der Waals surface area contributed by atoms with Crippen LogP contribution in [-0.2, 0) is 27.9 Å². The maximum Gasteiger partial charge on any atom is 0.120 e. The normalized spacial score (nSPS) is 33.6. The van der Waals surface area contributed by atoms with Gasteiger partial charge < -0.3 is 10.2 Å². The summed E-state index contributed by atoms with van der Waals surface area (Å²) in [4.78, 5) is 5.63. The van der Waals surface area contributed by atoms with Crippen LogP contribution in [0.3, 0.4) is 0 Å². The Hall–Kier alpha value is -1.72. The summed E-state index contributed by atoms with van der Waals surface area (Å²) in [5, 5.41) is 22.5. The summed E-state index contributed by atoms with van der Waals surface area (Å²) in [7, 11) is 0. The van der Waals surface area contributed by atoms with Crippen LogP contribution in [0.4, 0.5) is 0 Å². The molecule has 2 aromatic carbocycles. The van der Waals surface area contributed by atoms with Gasteiger partial charge in [0.05, 0.1) is 5.60 Å². The lowest BCUT2D eigenvalue weighted by atomic mass is 9.48. The highest BCUT2D eigenvalue weighted by molar-refractivity contribution is 5.44. The minimum Gasteiger partial charge on any atom is -0.386 e. The Labute approximate surface area is 180 Å². The van der Waals surface area contributed by atoms with E-state index < -0.39 is 16.8 Å². The largest absolute Gasteiger partial charge is 0.386 e. The molecule has 2 aromatic rings. The molecule has 2 aliphatic carbocycles. The van der Waals surface area contributed by atoms with Gasteiger partial charge in [0.15, 0.2) is 0 Å². The molecule has 0 aromatic heterocycles. The molecule has 2 aliphatic rings. The molecule has 4 N–H and O–H groups in total. The molecule has 4 rings (SSSR count). The zero-order valence-electron chi connectivity index (χ0n) is 18.6. The summed E-state index contributed by atoms with van der Waals surface area (Å²) in [5.41, 5.74) is 1.42. The van der Waals surface area contributed by atoms with E-state index in [0.29, 0.717) is 18.8 Å². The van der Waals surface area contributed by atoms with E-state index in [4.69, 9.17) is 10.7 Å². The van der Waals surface area contributed by atoms with Gasteiger partial charge in [-0.2, -0.15) is 0 Å². The molecule has 1 fully saturated rings. The van der Waals surface area contributed by atoms with Gasteiger partial charge in [-0.1, -0.05) is 55.5 Å². The lowest BCUT2D eigenvalue weighted by molar-refractivity contribution is -0.232. The molecule has 4 nitrogen and oxygen atoms in total. The van der Waals surface area contributed by atoms with Crippen LogP contribution in [0.15, 0.2) is 48.5 Å². The molecular weight excluding hydrogens is 374 g/mol. The number of aryl methyl sites for hydroxylation is 1. The number of rotatable bonds is 4. The Morgan fingerprint density at radius 3 is 2.47 bits per heavy atom. The van der Waals surface area contributed by atoms with Crippen LogP contribution < -0.4 is 5.90 Å². The summed E-state index contributed by atoms with van der Waals surface area (Å²) in [5.74, 6) is 6.22. The Morgan fingerprint density at radius 1 is 1.17 bits per heavy atom. The lowest BCUT2D eigenvalue weighted by Crippen LogP contribution is -2.63. The van der Waals surface area contributed by atoms with E-state index in [-0.39, 0.29) is 5.41 Å². The molecule has 0 bridgehead atoms. The molecule has 0 amide bonds. The van der Waals surface area contributed by atoms with Crippen molar-refractivity contribution < 1.29 is 15.1 Å². The second-order valence-corrected chi connectivity index (χ2v) is 10.1. The standard InChI is InChI=1S/C26H35NO3/c1-5-25-17-24(4,30-27)26(29,19-9-7-6-8-10-19)16-21(25)12-11-18-15-20(23(2,3)28)13-14-22(18)25/h6-10,13-15,21,28-29H,5,11-12,16-17,27H2,1-4H3/t21-,24-,25-,26-/m1/s1. The fraction of sp³-hybridized carbons (Fsp3) is 0.538. The minimum atomic E-state index is -1.14. The number of fused-ring (bicyclic) bond motifs is 3. The Morgan fingerprint density at radius 2 is 1.87 bits per heavy atom. The SMILES string of the molecule is CC[C@@]12C[C@@](C)(ON)[C@](O)(c3ccccc3)C[C@H]1CCc1cc(C(C)(C)O)ccc12. The summed E-state index contributed by atoms with van der Waals surface area (Å²) in [6.07, 6.45) is 4.18. The fourth-order valence-electron chi connectivity index (χ4n) is 6.23. The number of nitrogens with two attached hydrogens (primary N) is 1. The quantitative estimate of drug-likeness (QED) is 0.652. The third kappa shape index (κ3) is 3.04. The van der Waals surface area contributed by atoms with Crippen molar-refractivity contribution in [2.45, 2.75) is 82.0 Å². The summed E-state index contributed by atoms with van der Waals surface area (Å²) >= 11 is 0. The highest BCUT2D eigenvalue weighted by Crippen LogP contribution is 2.60. The first-order valence-electron chi connectivity index (χ1n) is 11.1. The highest BCUT2D eigenvalue weighted by atomic mass is 16.6. The number of benzene rings is 2. The van der Waals surface area contributed by atoms with Crippen molar-refractivity contribution >= 4 is 0 Å². The van der Waals surface area contributed by atoms with E-state index in [9.17, 15) is 10.2 Å². The first-order chi connectivity index (χ1) is 14.1. The topological polar surface area (TPSA) is 75.7 Å². The van der Waals surface area contributed by atoms with Crippen molar-refractivity contribution in [3.63, 3.8) is 0 Å². The predicted molar refractivity (Wildman–Crippen MR) is 119 cm³/mol. The second-order valence-electron chi connectivity index (χ2n) is 10.1. The molecule has 0 saturated heterocycles. The summed E-state index contributed by atoms with van der Waals surface area (Å²) < 4.78 is 0. The monoisotopic (exact) mass is 409 g/mol. The Balaban J connectivity index is 1.83. The molecule has 4 heteroatoms. The predicted octanol–water partition coefficient (Wildman–Crippen LogP) is 4.45. The summed E-state index contributed by atoms with van der Waals surface area (Å²) in [6, 6.07) is 16.2. The number of hydrogen-bond donors (Lipinski definition) is 3. The minimum absolute atomic E-state index is 0.110. The molecule has 0 heterocycles. The first-order valence-corrected chi connectivity index (χ1v) is 11.1. The lowest BCUT2D eigenvalue weighted by Gasteiger charge is -2.59. The van der Waals surface area contributed by atoms with Crippen molar-refractivity contribution in [2.24, 2.45) is 11.8 Å². The molecule has 0 spiro atoms. The van der Waals surface area contributed by atoms with Crippen LogP contribution in [-0.4, -0.2) is 15.8 Å². The molecule has 162 valence electrons. The smallest absolute Gasteiger partial charge is 0.120 e. The molecule has 0 unspecified atom stereocenters. The van der Waals surface area contributed by atoms with E-state index >= 15 is 0 Å². The second kappa shape index (κ2) is 7.16. The highest BCUT2D eigenvalue weighted by Gasteiger charge is 2.62. The fourth-order valence-corrected chi connectivity index (χ4v) is 6.23. The van der Waals surface area contributed by atoms with Gasteiger partial charge in [0.1, 0.15) is 11.2 Å². The Kier molecular flexibility index (Phi) is 5.14. The maximum atomic E-state index is 12.0. The van der Waals surface area contributed by atoms with E-state index in [1.54, 1.807) is 0 Å². The maximum absolute atomic E-state index is 12.0. The average Bonchev–Trinajstić information content (AvgIpc) is 2.74. The third-order valence-corrected chi connectivity index (χ3v) is 8.10. The van der Waals surface area contributed by atoms with Crippen molar-refractivity contribution in [1.82, 2.24) is 0 Å². The van der Waals surface area contributed by atoms with Gasteiger partial charge in [0.2, 0.25) is 0 Å². The molecule has 1 saturated carbocycles. The van der Waals surface area contributed by atoms with Crippen molar-refractivity contribution in [1.29, 1.82) is 0 Å². The van der Waals surface area contributed by atoms with Gasteiger partial charge in [0.25, 0.3) is 0 Å². The van der Waals surface area contributed by atoms with Crippen LogP contribution >= 0.6 is 0 Å². The average molecular weight is 410 g/mol. The van der Waals surface area contributed by atoms with E-state index in [1.165, 1.54) is 11.1 Å². The van der Waals surface area contributed by atoms with E-state index in [0.717, 1.165) is 30.4 Å². The zero-order chi connectivity index (χ0) is 21.8. The Bertz CT molecular complexity index is 922. The van der Waals surface area contributed by atoms with Crippen LogP contribution in [0.2, 0.25) is 0 Å². The van der Waals surface area contributed by atoms with Crippen molar-refractivity contribution in [2.75, 3.05) is 0 Å². The number of hydrogen-bond acceptors (Lipinski definition) is 4. The van der Waals surface area contributed by atoms with Crippen LogP contribution in [0.25, 0.3) is 0 Å². The summed E-state index contributed by atoms with van der Waals surface area (Å²) in [6.45, 7) is 7.84. The van der Waals surface area contributed by atoms with Gasteiger partial charge >= 0.3 is 0 Å². The molecule has 30 heavy (non-hydrogen) atoms. The van der Waals surface area contributed by atoms with Gasteiger partial charge in [0, 0.05) is 5.41 Å². The van der Waals surface area contributed by atoms with Gasteiger partial charge in [-0.25, -0.2) is 5.90 Å². The molecule has 0 radical (unpaired) electrons. The van der Waals surface area contributed by atoms with Crippen LogP contribution in [0, 0.1) is 5.92 Å².